The minimum Gasteiger partial charge on any atom is -0.399 e. The van der Waals surface area contributed by atoms with Crippen LogP contribution in [-0.4, -0.2) is 26.0 Å². The molecule has 0 spiro atoms. The van der Waals surface area contributed by atoms with E-state index in [0.717, 1.165) is 0 Å². The zero-order valence-electron chi connectivity index (χ0n) is 10.1. The molecule has 0 fully saturated rings. The molecule has 0 heterocycles. The van der Waals surface area contributed by atoms with E-state index in [1.165, 1.54) is 18.4 Å². The average Bonchev–Trinajstić information content (AvgIpc) is 2.11. The Hall–Kier alpha value is -1.30. The molecule has 4 nitrogen and oxygen atoms in total. The van der Waals surface area contributed by atoms with Crippen LogP contribution >= 0.6 is 0 Å². The van der Waals surface area contributed by atoms with Gasteiger partial charge in [-0.05, 0) is 32.0 Å². The highest BCUT2D eigenvalue weighted by Crippen LogP contribution is 2.19. The Bertz CT molecular complexity index is 492. The summed E-state index contributed by atoms with van der Waals surface area (Å²) in [7, 11) is -3.18. The SMILES string of the molecule is CC(C)(CNc1cc(N)cc(F)c1)S(C)(=O)=O. The van der Waals surface area contributed by atoms with E-state index in [9.17, 15) is 12.8 Å². The number of anilines is 2. The number of nitrogen functional groups attached to an aromatic ring is 1. The van der Waals surface area contributed by atoms with E-state index in [4.69, 9.17) is 5.73 Å². The Balaban J connectivity index is 2.81. The van der Waals surface area contributed by atoms with Gasteiger partial charge in [-0.25, -0.2) is 12.8 Å². The Labute approximate surface area is 101 Å². The molecule has 0 aliphatic heterocycles. The lowest BCUT2D eigenvalue weighted by Crippen LogP contribution is -2.38. The first kappa shape index (κ1) is 13.8. The van der Waals surface area contributed by atoms with Crippen LogP contribution in [0.1, 0.15) is 13.8 Å². The Kier molecular flexibility index (Phi) is 3.66. The molecule has 0 saturated heterocycles. The van der Waals surface area contributed by atoms with E-state index in [-0.39, 0.29) is 6.54 Å². The second-order valence-electron chi connectivity index (χ2n) is 4.66. The van der Waals surface area contributed by atoms with Crippen LogP contribution in [0.4, 0.5) is 15.8 Å². The summed E-state index contributed by atoms with van der Waals surface area (Å²) in [5.41, 5.74) is 6.25. The molecule has 0 unspecified atom stereocenters. The summed E-state index contributed by atoms with van der Waals surface area (Å²) in [5, 5.41) is 2.87. The molecule has 0 radical (unpaired) electrons. The molecule has 96 valence electrons. The summed E-state index contributed by atoms with van der Waals surface area (Å²) in [5.74, 6) is -0.454. The van der Waals surface area contributed by atoms with Crippen molar-refractivity contribution < 1.29 is 12.8 Å². The molecule has 6 heteroatoms. The molecule has 0 saturated carbocycles. The first-order valence-corrected chi connectivity index (χ1v) is 7.00. The van der Waals surface area contributed by atoms with Crippen molar-refractivity contribution in [1.82, 2.24) is 0 Å². The average molecular weight is 260 g/mol. The fourth-order valence-corrected chi connectivity index (χ4v) is 1.49. The molecular weight excluding hydrogens is 243 g/mol. The highest BCUT2D eigenvalue weighted by molar-refractivity contribution is 7.92. The number of nitrogens with one attached hydrogen (secondary N) is 1. The molecule has 1 rings (SSSR count). The van der Waals surface area contributed by atoms with Crippen molar-refractivity contribution in [1.29, 1.82) is 0 Å². The van der Waals surface area contributed by atoms with Crippen molar-refractivity contribution in [2.24, 2.45) is 0 Å². The lowest BCUT2D eigenvalue weighted by atomic mass is 10.2. The van der Waals surface area contributed by atoms with Gasteiger partial charge in [0.1, 0.15) is 5.82 Å². The second kappa shape index (κ2) is 4.52. The van der Waals surface area contributed by atoms with Crippen LogP contribution in [0, 0.1) is 5.82 Å². The van der Waals surface area contributed by atoms with Gasteiger partial charge in [-0.2, -0.15) is 0 Å². The van der Waals surface area contributed by atoms with Crippen molar-refractivity contribution in [2.45, 2.75) is 18.6 Å². The zero-order valence-corrected chi connectivity index (χ0v) is 10.9. The lowest BCUT2D eigenvalue weighted by Gasteiger charge is -2.23. The van der Waals surface area contributed by atoms with Gasteiger partial charge in [0.05, 0.1) is 4.75 Å². The third-order valence-electron chi connectivity index (χ3n) is 2.64. The number of hydrogen-bond acceptors (Lipinski definition) is 4. The van der Waals surface area contributed by atoms with Crippen molar-refractivity contribution >= 4 is 21.2 Å². The predicted molar refractivity (Wildman–Crippen MR) is 68.2 cm³/mol. The highest BCUT2D eigenvalue weighted by Gasteiger charge is 2.29. The first-order chi connectivity index (χ1) is 7.62. The van der Waals surface area contributed by atoms with Gasteiger partial charge in [0.25, 0.3) is 0 Å². The van der Waals surface area contributed by atoms with Gasteiger partial charge in [-0.15, -0.1) is 0 Å². The monoisotopic (exact) mass is 260 g/mol. The predicted octanol–water partition coefficient (Wildman–Crippen LogP) is 1.64. The molecule has 0 aliphatic rings. The van der Waals surface area contributed by atoms with E-state index >= 15 is 0 Å². The second-order valence-corrected chi connectivity index (χ2v) is 7.31. The van der Waals surface area contributed by atoms with Gasteiger partial charge in [0.15, 0.2) is 9.84 Å². The summed E-state index contributed by atoms with van der Waals surface area (Å²) >= 11 is 0. The summed E-state index contributed by atoms with van der Waals surface area (Å²) < 4.78 is 35.1. The maximum absolute atomic E-state index is 13.0. The number of rotatable bonds is 4. The molecular formula is C11H17FN2O2S. The number of nitrogens with two attached hydrogens (primary N) is 1. The van der Waals surface area contributed by atoms with Gasteiger partial charge >= 0.3 is 0 Å². The quantitative estimate of drug-likeness (QED) is 0.807. The maximum atomic E-state index is 13.0. The Morgan fingerprint density at radius 2 is 1.94 bits per heavy atom. The van der Waals surface area contributed by atoms with Crippen LogP contribution in [0.5, 0.6) is 0 Å². The number of halogens is 1. The number of benzene rings is 1. The van der Waals surface area contributed by atoms with E-state index < -0.39 is 20.4 Å². The van der Waals surface area contributed by atoms with Crippen LogP contribution in [0.25, 0.3) is 0 Å². The number of sulfone groups is 1. The molecule has 0 bridgehead atoms. The molecule has 0 atom stereocenters. The van der Waals surface area contributed by atoms with E-state index in [1.54, 1.807) is 19.9 Å². The van der Waals surface area contributed by atoms with Gasteiger partial charge in [0, 0.05) is 24.2 Å². The lowest BCUT2D eigenvalue weighted by molar-refractivity contribution is 0.560. The standard InChI is InChI=1S/C11H17FN2O2S/c1-11(2,17(3,15)16)7-14-10-5-8(12)4-9(13)6-10/h4-6,14H,7,13H2,1-3H3. The normalized spacial score (nSPS) is 12.5. The summed E-state index contributed by atoms with van der Waals surface area (Å²) in [6.07, 6.45) is 1.18. The van der Waals surface area contributed by atoms with Crippen LogP contribution in [-0.2, 0) is 9.84 Å². The van der Waals surface area contributed by atoms with Gasteiger partial charge < -0.3 is 11.1 Å². The van der Waals surface area contributed by atoms with Gasteiger partial charge in [0.2, 0.25) is 0 Å². The largest absolute Gasteiger partial charge is 0.399 e. The molecule has 0 amide bonds. The maximum Gasteiger partial charge on any atom is 0.154 e. The topological polar surface area (TPSA) is 72.2 Å². The van der Waals surface area contributed by atoms with Crippen LogP contribution in [0.15, 0.2) is 18.2 Å². The highest BCUT2D eigenvalue weighted by atomic mass is 32.2. The zero-order chi connectivity index (χ0) is 13.3. The van der Waals surface area contributed by atoms with Crippen molar-refractivity contribution in [3.05, 3.63) is 24.0 Å². The summed E-state index contributed by atoms with van der Waals surface area (Å²) in [6.45, 7) is 3.41. The molecule has 17 heavy (non-hydrogen) atoms. The first-order valence-electron chi connectivity index (χ1n) is 5.11. The van der Waals surface area contributed by atoms with E-state index in [2.05, 4.69) is 5.32 Å². The van der Waals surface area contributed by atoms with E-state index in [1.807, 2.05) is 0 Å². The third kappa shape index (κ3) is 3.59. The molecule has 3 N–H and O–H groups in total. The smallest absolute Gasteiger partial charge is 0.154 e. The summed E-state index contributed by atoms with van der Waals surface area (Å²) in [4.78, 5) is 0. The third-order valence-corrected chi connectivity index (χ3v) is 4.79. The molecule has 1 aromatic rings. The van der Waals surface area contributed by atoms with Gasteiger partial charge in [-0.3, -0.25) is 0 Å². The van der Waals surface area contributed by atoms with Crippen LogP contribution in [0.3, 0.4) is 0 Å². The molecule has 1 aromatic carbocycles. The summed E-state index contributed by atoms with van der Waals surface area (Å²) in [6, 6.07) is 4.03. The minimum absolute atomic E-state index is 0.189. The van der Waals surface area contributed by atoms with Crippen molar-refractivity contribution in [3.63, 3.8) is 0 Å². The van der Waals surface area contributed by atoms with E-state index in [0.29, 0.717) is 11.4 Å². The minimum atomic E-state index is -3.18. The van der Waals surface area contributed by atoms with Gasteiger partial charge in [-0.1, -0.05) is 0 Å². The Morgan fingerprint density at radius 3 is 2.41 bits per heavy atom. The fourth-order valence-electron chi connectivity index (χ4n) is 1.16. The van der Waals surface area contributed by atoms with Crippen molar-refractivity contribution in [3.8, 4) is 0 Å². The fraction of sp³-hybridized carbons (Fsp3) is 0.455. The molecule has 0 aliphatic carbocycles. The molecule has 0 aromatic heterocycles. The Morgan fingerprint density at radius 1 is 1.35 bits per heavy atom. The van der Waals surface area contributed by atoms with Crippen LogP contribution in [0.2, 0.25) is 0 Å². The van der Waals surface area contributed by atoms with Crippen LogP contribution < -0.4 is 11.1 Å². The van der Waals surface area contributed by atoms with Crippen molar-refractivity contribution in [2.75, 3.05) is 23.9 Å². The number of hydrogen-bond donors (Lipinski definition) is 2.